The first-order valence-electron chi connectivity index (χ1n) is 11.6. The molecule has 1 atom stereocenters. The molecule has 0 spiro atoms. The van der Waals surface area contributed by atoms with Crippen LogP contribution in [-0.2, 0) is 24.3 Å². The van der Waals surface area contributed by atoms with Crippen molar-refractivity contribution in [2.75, 3.05) is 45.1 Å². The Labute approximate surface area is 203 Å². The third kappa shape index (κ3) is 5.66. The van der Waals surface area contributed by atoms with Crippen LogP contribution in [0.4, 0.5) is 9.18 Å². The van der Waals surface area contributed by atoms with Crippen LogP contribution in [0.1, 0.15) is 31.2 Å². The Morgan fingerprint density at radius 1 is 1.23 bits per heavy atom. The van der Waals surface area contributed by atoms with E-state index in [1.807, 2.05) is 0 Å². The molecule has 4 rings (SSSR count). The van der Waals surface area contributed by atoms with Gasteiger partial charge in [-0.1, -0.05) is 24.3 Å². The number of ether oxygens (including phenoxy) is 2. The number of benzene rings is 1. The lowest BCUT2D eigenvalue weighted by molar-refractivity contribution is -0.141. The summed E-state index contributed by atoms with van der Waals surface area (Å²) < 4.78 is 52.5. The summed E-state index contributed by atoms with van der Waals surface area (Å²) in [6.45, 7) is 1.33. The number of hydrogen-bond donors (Lipinski definition) is 2. The standard InChI is InChI=1S/C23H30FN3O7S/c24-20-4-2-1-3-19(20)17-5-10-27(11-6-17)35(31,32)16-23(21(28)25-30)8-12-26(13-9-23)22(29)34-18-7-14-33-15-18/h1-5,18,30H,6-16H2,(H,25,28)/t18-/m0/s1. The zero-order valence-electron chi connectivity index (χ0n) is 19.3. The number of rotatable bonds is 6. The van der Waals surface area contributed by atoms with Crippen molar-refractivity contribution in [3.8, 4) is 0 Å². The van der Waals surface area contributed by atoms with Gasteiger partial charge in [0.15, 0.2) is 0 Å². The summed E-state index contributed by atoms with van der Waals surface area (Å²) in [5, 5.41) is 9.34. The number of carbonyl (C=O) groups is 2. The first kappa shape index (κ1) is 25.5. The molecule has 0 radical (unpaired) electrons. The minimum Gasteiger partial charge on any atom is -0.444 e. The van der Waals surface area contributed by atoms with Gasteiger partial charge in [0.05, 0.1) is 24.4 Å². The van der Waals surface area contributed by atoms with E-state index in [2.05, 4.69) is 0 Å². The number of piperidine rings is 1. The molecule has 3 aliphatic rings. The molecule has 0 unspecified atom stereocenters. The van der Waals surface area contributed by atoms with Crippen molar-refractivity contribution in [1.29, 1.82) is 0 Å². The highest BCUT2D eigenvalue weighted by Gasteiger charge is 2.47. The second-order valence-electron chi connectivity index (χ2n) is 9.15. The summed E-state index contributed by atoms with van der Waals surface area (Å²) in [5.74, 6) is -1.66. The average Bonchev–Trinajstić information content (AvgIpc) is 3.37. The molecule has 10 nitrogen and oxygen atoms in total. The van der Waals surface area contributed by atoms with Gasteiger partial charge in [0.1, 0.15) is 11.9 Å². The molecule has 0 saturated carbocycles. The monoisotopic (exact) mass is 511 g/mol. The molecule has 0 bridgehead atoms. The fourth-order valence-corrected chi connectivity index (χ4v) is 6.78. The van der Waals surface area contributed by atoms with Crippen LogP contribution >= 0.6 is 0 Å². The van der Waals surface area contributed by atoms with E-state index in [1.165, 1.54) is 15.3 Å². The molecule has 1 aromatic carbocycles. The van der Waals surface area contributed by atoms with Crippen LogP contribution in [0.2, 0.25) is 0 Å². The number of carbonyl (C=O) groups excluding carboxylic acids is 2. The summed E-state index contributed by atoms with van der Waals surface area (Å²) in [4.78, 5) is 26.5. The highest BCUT2D eigenvalue weighted by atomic mass is 32.2. The van der Waals surface area contributed by atoms with Gasteiger partial charge < -0.3 is 14.4 Å². The third-order valence-corrected chi connectivity index (χ3v) is 9.00. The molecule has 2 saturated heterocycles. The Morgan fingerprint density at radius 2 is 1.97 bits per heavy atom. The van der Waals surface area contributed by atoms with Crippen molar-refractivity contribution in [2.45, 2.75) is 31.8 Å². The van der Waals surface area contributed by atoms with E-state index < -0.39 is 33.2 Å². The van der Waals surface area contributed by atoms with Crippen LogP contribution in [-0.4, -0.2) is 86.1 Å². The SMILES string of the molecule is O=C(O[C@H]1CCOC1)N1CCC(CS(=O)(=O)N2CC=C(c3ccccc3F)CC2)(C(=O)NO)CC1. The predicted molar refractivity (Wildman–Crippen MR) is 123 cm³/mol. The maximum absolute atomic E-state index is 14.1. The van der Waals surface area contributed by atoms with Gasteiger partial charge in [-0.05, 0) is 30.9 Å². The van der Waals surface area contributed by atoms with E-state index in [0.717, 1.165) is 5.57 Å². The van der Waals surface area contributed by atoms with Gasteiger partial charge in [0.25, 0.3) is 5.91 Å². The second kappa shape index (κ2) is 10.6. The van der Waals surface area contributed by atoms with Crippen molar-refractivity contribution >= 4 is 27.6 Å². The zero-order chi connectivity index (χ0) is 25.1. The van der Waals surface area contributed by atoms with Crippen molar-refractivity contribution in [3.05, 3.63) is 41.7 Å². The zero-order valence-corrected chi connectivity index (χ0v) is 20.1. The lowest BCUT2D eigenvalue weighted by Gasteiger charge is -2.40. The average molecular weight is 512 g/mol. The molecule has 2 fully saturated rings. The van der Waals surface area contributed by atoms with Crippen LogP contribution in [0.25, 0.3) is 5.57 Å². The van der Waals surface area contributed by atoms with Crippen LogP contribution in [0.5, 0.6) is 0 Å². The highest BCUT2D eigenvalue weighted by Crippen LogP contribution is 2.36. The number of hydroxylamine groups is 1. The van der Waals surface area contributed by atoms with Gasteiger partial charge in [-0.2, -0.15) is 4.31 Å². The minimum absolute atomic E-state index is 0.0546. The van der Waals surface area contributed by atoms with Gasteiger partial charge in [-0.3, -0.25) is 10.0 Å². The first-order chi connectivity index (χ1) is 16.7. The van der Waals surface area contributed by atoms with Gasteiger partial charge >= 0.3 is 6.09 Å². The number of amides is 2. The Kier molecular flexibility index (Phi) is 7.74. The summed E-state index contributed by atoms with van der Waals surface area (Å²) in [6, 6.07) is 6.34. The predicted octanol–water partition coefficient (Wildman–Crippen LogP) is 1.76. The van der Waals surface area contributed by atoms with Crippen molar-refractivity contribution in [2.24, 2.45) is 5.41 Å². The molecule has 2 N–H and O–H groups in total. The fourth-order valence-electron chi connectivity index (χ4n) is 4.81. The number of likely N-dealkylation sites (tertiary alicyclic amines) is 1. The van der Waals surface area contributed by atoms with Gasteiger partial charge in [0, 0.05) is 38.2 Å². The van der Waals surface area contributed by atoms with Crippen LogP contribution in [0.15, 0.2) is 30.3 Å². The smallest absolute Gasteiger partial charge is 0.410 e. The summed E-state index contributed by atoms with van der Waals surface area (Å²) in [5.41, 5.74) is 1.40. The largest absolute Gasteiger partial charge is 0.444 e. The Hall–Kier alpha value is -2.54. The minimum atomic E-state index is -3.90. The van der Waals surface area contributed by atoms with E-state index in [4.69, 9.17) is 9.47 Å². The number of nitrogens with one attached hydrogen (secondary N) is 1. The second-order valence-corrected chi connectivity index (χ2v) is 11.1. The molecule has 1 aromatic rings. The van der Waals surface area contributed by atoms with E-state index in [1.54, 1.807) is 29.8 Å². The van der Waals surface area contributed by atoms with E-state index in [0.29, 0.717) is 31.6 Å². The lowest BCUT2D eigenvalue weighted by Crippen LogP contribution is -2.54. The normalized spacial score (nSPS) is 23.0. The third-order valence-electron chi connectivity index (χ3n) is 6.96. The van der Waals surface area contributed by atoms with Crippen LogP contribution in [0, 0.1) is 11.2 Å². The molecule has 0 aromatic heterocycles. The van der Waals surface area contributed by atoms with E-state index in [-0.39, 0.29) is 50.9 Å². The molecule has 2 amide bonds. The first-order valence-corrected chi connectivity index (χ1v) is 13.2. The molecular formula is C23H30FN3O7S. The Bertz CT molecular complexity index is 1080. The highest BCUT2D eigenvalue weighted by molar-refractivity contribution is 7.89. The Balaban J connectivity index is 1.41. The quantitative estimate of drug-likeness (QED) is 0.440. The number of halogens is 1. The summed E-state index contributed by atoms with van der Waals surface area (Å²) in [7, 11) is -3.90. The number of nitrogens with zero attached hydrogens (tertiary/aromatic N) is 2. The molecular weight excluding hydrogens is 481 g/mol. The molecule has 192 valence electrons. The summed E-state index contributed by atoms with van der Waals surface area (Å²) >= 11 is 0. The fraction of sp³-hybridized carbons (Fsp3) is 0.565. The van der Waals surface area contributed by atoms with E-state index >= 15 is 0 Å². The van der Waals surface area contributed by atoms with Gasteiger partial charge in [-0.25, -0.2) is 23.1 Å². The maximum atomic E-state index is 14.1. The molecule has 3 heterocycles. The van der Waals surface area contributed by atoms with E-state index in [9.17, 15) is 27.6 Å². The molecule has 0 aliphatic carbocycles. The number of hydrogen-bond acceptors (Lipinski definition) is 7. The van der Waals surface area contributed by atoms with Crippen LogP contribution < -0.4 is 5.48 Å². The van der Waals surface area contributed by atoms with Crippen molar-refractivity contribution in [3.63, 3.8) is 0 Å². The topological polar surface area (TPSA) is 125 Å². The summed E-state index contributed by atoms with van der Waals surface area (Å²) in [6.07, 6.45) is 1.92. The molecule has 12 heteroatoms. The van der Waals surface area contributed by atoms with Crippen LogP contribution in [0.3, 0.4) is 0 Å². The number of sulfonamides is 1. The molecule has 35 heavy (non-hydrogen) atoms. The maximum Gasteiger partial charge on any atom is 0.410 e. The van der Waals surface area contributed by atoms with Crippen molar-refractivity contribution < 1.29 is 37.1 Å². The Morgan fingerprint density at radius 3 is 2.57 bits per heavy atom. The van der Waals surface area contributed by atoms with Gasteiger partial charge in [0.2, 0.25) is 10.0 Å². The van der Waals surface area contributed by atoms with Gasteiger partial charge in [-0.15, -0.1) is 0 Å². The lowest BCUT2D eigenvalue weighted by atomic mass is 9.79. The van der Waals surface area contributed by atoms with Crippen molar-refractivity contribution in [1.82, 2.24) is 14.7 Å². The molecule has 3 aliphatic heterocycles.